The van der Waals surface area contributed by atoms with Crippen molar-refractivity contribution < 1.29 is 4.39 Å². The second-order valence-electron chi connectivity index (χ2n) is 7.41. The highest BCUT2D eigenvalue weighted by molar-refractivity contribution is 14.1. The van der Waals surface area contributed by atoms with Crippen LogP contribution in [-0.2, 0) is 6.54 Å². The van der Waals surface area contributed by atoms with Gasteiger partial charge in [-0.25, -0.2) is 4.39 Å². The lowest BCUT2D eigenvalue weighted by Gasteiger charge is -2.17. The number of fused-ring (bicyclic) bond motifs is 1. The van der Waals surface area contributed by atoms with Crippen molar-refractivity contribution >= 4 is 46.3 Å². The van der Waals surface area contributed by atoms with Gasteiger partial charge in [-0.05, 0) is 41.4 Å². The number of alkyl halides is 2. The molecule has 2 rings (SSSR count). The van der Waals surface area contributed by atoms with Crippen molar-refractivity contribution in [1.29, 1.82) is 0 Å². The van der Waals surface area contributed by atoms with Crippen LogP contribution in [0.3, 0.4) is 0 Å². The molecule has 2 N–H and O–H groups in total. The number of H-pyrrole nitrogens is 1. The fraction of sp³-hybridized carbons (Fsp3) is 0.269. The molecule has 1 aliphatic carbocycles. The molecule has 31 heavy (non-hydrogen) atoms. The monoisotopic (exact) mass is 550 g/mol. The molecule has 0 bridgehead atoms. The van der Waals surface area contributed by atoms with Crippen LogP contribution in [0.5, 0.6) is 0 Å². The van der Waals surface area contributed by atoms with E-state index in [0.29, 0.717) is 6.54 Å². The van der Waals surface area contributed by atoms with Crippen molar-refractivity contribution in [2.75, 3.05) is 6.67 Å². The van der Waals surface area contributed by atoms with E-state index in [1.807, 2.05) is 23.3 Å². The Bertz CT molecular complexity index is 1060. The van der Waals surface area contributed by atoms with Crippen LogP contribution in [0.25, 0.3) is 12.2 Å². The zero-order valence-corrected chi connectivity index (χ0v) is 20.8. The van der Waals surface area contributed by atoms with Crippen LogP contribution in [0.1, 0.15) is 31.7 Å². The molecule has 1 aromatic heterocycles. The van der Waals surface area contributed by atoms with Gasteiger partial charge in [-0.2, -0.15) is 0 Å². The zero-order valence-electron chi connectivity index (χ0n) is 17.9. The minimum atomic E-state index is -0.457. The highest BCUT2D eigenvalue weighted by atomic mass is 127. The molecule has 0 aromatic carbocycles. The minimum Gasteiger partial charge on any atom is -0.374 e. The summed E-state index contributed by atoms with van der Waals surface area (Å²) in [4.78, 5) is 2.98. The Balaban J connectivity index is 2.01. The van der Waals surface area contributed by atoms with E-state index in [1.54, 1.807) is 12.2 Å². The normalized spacial score (nSPS) is 19.0. The summed E-state index contributed by atoms with van der Waals surface area (Å²) in [5, 5.41) is 5.72. The standard InChI is InChI=1S/C26H29ClFIN2/c1-4-20(11-8-9-15-28)10-6-7-12-21(17-29)24(5-2)30-18-22-19-31-25-13-14-26(3,27)16-23(22)25/h4,7-9,11-13,16-17,19,30-31H,1-2,6,10,14-15,18H2,3H3/b9-8-,12-7-,20-11+,21-17+. The molecule has 1 atom stereocenters. The predicted octanol–water partition coefficient (Wildman–Crippen LogP) is 6.03. The fourth-order valence-electron chi connectivity index (χ4n) is 3.22. The van der Waals surface area contributed by atoms with Gasteiger partial charge in [0.25, 0.3) is 0 Å². The highest BCUT2D eigenvalue weighted by Gasteiger charge is 2.19. The number of rotatable bonds is 11. The van der Waals surface area contributed by atoms with Crippen molar-refractivity contribution in [3.8, 4) is 0 Å². The average molecular weight is 551 g/mol. The van der Waals surface area contributed by atoms with E-state index < -0.39 is 6.67 Å². The van der Waals surface area contributed by atoms with Gasteiger partial charge in [0.15, 0.2) is 0 Å². The number of hydrogen-bond acceptors (Lipinski definition) is 1. The molecule has 1 aliphatic rings. The van der Waals surface area contributed by atoms with Crippen LogP contribution >= 0.6 is 34.2 Å². The van der Waals surface area contributed by atoms with Crippen LogP contribution in [0.2, 0.25) is 0 Å². The van der Waals surface area contributed by atoms with E-state index in [-0.39, 0.29) is 4.87 Å². The molecule has 1 aromatic rings. The third kappa shape index (κ3) is 7.88. The van der Waals surface area contributed by atoms with Crippen molar-refractivity contribution in [2.45, 2.75) is 37.6 Å². The van der Waals surface area contributed by atoms with Gasteiger partial charge < -0.3 is 10.3 Å². The number of halogens is 3. The van der Waals surface area contributed by atoms with Gasteiger partial charge in [0.05, 0.1) is 10.6 Å². The first-order valence-electron chi connectivity index (χ1n) is 10.2. The number of hydrogen-bond donors (Lipinski definition) is 2. The summed E-state index contributed by atoms with van der Waals surface area (Å²) in [5.41, 5.74) is 7.10. The summed E-state index contributed by atoms with van der Waals surface area (Å²) < 4.78 is 14.2. The molecule has 0 spiro atoms. The zero-order chi connectivity index (χ0) is 22.7. The van der Waals surface area contributed by atoms with Crippen molar-refractivity contribution in [3.05, 3.63) is 98.6 Å². The smallest absolute Gasteiger partial charge is 0.108 e. The topological polar surface area (TPSA) is 27.8 Å². The second kappa shape index (κ2) is 12.7. The first-order chi connectivity index (χ1) is 14.9. The van der Waals surface area contributed by atoms with Crippen molar-refractivity contribution in [3.63, 3.8) is 0 Å². The molecule has 164 valence electrons. The molecular weight excluding hydrogens is 522 g/mol. The van der Waals surface area contributed by atoms with E-state index in [9.17, 15) is 4.39 Å². The summed E-state index contributed by atoms with van der Waals surface area (Å²) in [6.07, 6.45) is 19.9. The quantitative estimate of drug-likeness (QED) is 0.150. The van der Waals surface area contributed by atoms with Gasteiger partial charge in [-0.15, -0.1) is 17.3 Å². The largest absolute Gasteiger partial charge is 0.374 e. The highest BCUT2D eigenvalue weighted by Crippen LogP contribution is 2.23. The maximum Gasteiger partial charge on any atom is 0.108 e. The Kier molecular flexibility index (Phi) is 10.4. The number of allylic oxidation sites excluding steroid dienone is 7. The Morgan fingerprint density at radius 3 is 2.94 bits per heavy atom. The Labute approximate surface area is 203 Å². The molecular formula is C26H29ClFIN2. The van der Waals surface area contributed by atoms with Crippen molar-refractivity contribution in [1.82, 2.24) is 10.3 Å². The summed E-state index contributed by atoms with van der Waals surface area (Å²) in [5.74, 6) is 0. The average Bonchev–Trinajstić information content (AvgIpc) is 3.14. The molecule has 0 aliphatic heterocycles. The molecule has 1 unspecified atom stereocenters. The van der Waals surface area contributed by atoms with Gasteiger partial charge in [0.1, 0.15) is 6.67 Å². The molecule has 0 radical (unpaired) electrons. The minimum absolute atomic E-state index is 0.350. The third-order valence-corrected chi connectivity index (χ3v) is 5.86. The maximum atomic E-state index is 12.2. The SMILES string of the molecule is C=C=C(NCc1c[nH]c2c1=CC(C)(Cl)CC=2)C(/C=C\CC/C(C=C)=C/C=C\CF)=C/I. The molecule has 0 saturated heterocycles. The Hall–Kier alpha value is -2.01. The predicted molar refractivity (Wildman–Crippen MR) is 141 cm³/mol. The van der Waals surface area contributed by atoms with E-state index in [1.165, 1.54) is 6.08 Å². The lowest BCUT2D eigenvalue weighted by Crippen LogP contribution is -2.35. The van der Waals surface area contributed by atoms with Crippen LogP contribution in [-0.4, -0.2) is 16.5 Å². The summed E-state index contributed by atoms with van der Waals surface area (Å²) >= 11 is 8.76. The van der Waals surface area contributed by atoms with E-state index >= 15 is 0 Å². The number of aromatic nitrogens is 1. The first kappa shape index (κ1) is 25.3. The maximum absolute atomic E-state index is 12.2. The molecule has 5 heteroatoms. The first-order valence-corrected chi connectivity index (χ1v) is 11.8. The lowest BCUT2D eigenvalue weighted by atomic mass is 10.00. The number of aromatic amines is 1. The second-order valence-corrected chi connectivity index (χ2v) is 8.90. The molecule has 0 fully saturated rings. The van der Waals surface area contributed by atoms with Gasteiger partial charge in [0.2, 0.25) is 0 Å². The van der Waals surface area contributed by atoms with Crippen LogP contribution in [0, 0.1) is 0 Å². The van der Waals surface area contributed by atoms with E-state index in [4.69, 9.17) is 11.6 Å². The van der Waals surface area contributed by atoms with E-state index in [2.05, 4.69) is 76.1 Å². The van der Waals surface area contributed by atoms with Crippen LogP contribution in [0.4, 0.5) is 4.39 Å². The van der Waals surface area contributed by atoms with Gasteiger partial charge in [0, 0.05) is 28.9 Å². The number of nitrogens with one attached hydrogen (secondary N) is 2. The van der Waals surface area contributed by atoms with Gasteiger partial charge >= 0.3 is 0 Å². The van der Waals surface area contributed by atoms with Crippen LogP contribution in [0.15, 0.2) is 82.5 Å². The lowest BCUT2D eigenvalue weighted by molar-refractivity contribution is 0.562. The van der Waals surface area contributed by atoms with E-state index in [0.717, 1.165) is 52.2 Å². The van der Waals surface area contributed by atoms with Gasteiger partial charge in [-0.3, -0.25) is 0 Å². The Morgan fingerprint density at radius 1 is 1.45 bits per heavy atom. The van der Waals surface area contributed by atoms with Crippen molar-refractivity contribution in [2.24, 2.45) is 0 Å². The molecule has 2 nitrogen and oxygen atoms in total. The molecule has 0 saturated carbocycles. The van der Waals surface area contributed by atoms with Gasteiger partial charge in [-0.1, -0.05) is 84.4 Å². The Morgan fingerprint density at radius 2 is 2.26 bits per heavy atom. The molecule has 0 amide bonds. The summed E-state index contributed by atoms with van der Waals surface area (Å²) in [7, 11) is 0. The molecule has 1 heterocycles. The third-order valence-electron chi connectivity index (χ3n) is 4.92. The summed E-state index contributed by atoms with van der Waals surface area (Å²) in [6, 6.07) is 0. The fourth-order valence-corrected chi connectivity index (χ4v) is 3.93. The van der Waals surface area contributed by atoms with Crippen LogP contribution < -0.4 is 15.9 Å². The summed E-state index contributed by atoms with van der Waals surface area (Å²) in [6.45, 7) is 9.88.